The van der Waals surface area contributed by atoms with Gasteiger partial charge in [0.15, 0.2) is 10.7 Å². The SMILES string of the molecule is CCCCCc1ccccc1[SH](=O)=O. The summed E-state index contributed by atoms with van der Waals surface area (Å²) in [5.74, 6) is 0. The Labute approximate surface area is 86.9 Å². The maximum absolute atomic E-state index is 10.9. The van der Waals surface area contributed by atoms with Crippen LogP contribution in [0.4, 0.5) is 0 Å². The van der Waals surface area contributed by atoms with Crippen LogP contribution < -0.4 is 0 Å². The van der Waals surface area contributed by atoms with Gasteiger partial charge in [-0.3, -0.25) is 0 Å². The molecule has 0 unspecified atom stereocenters. The Bertz CT molecular complexity index is 348. The first kappa shape index (κ1) is 11.2. The Hall–Kier alpha value is -0.830. The molecule has 0 aromatic heterocycles. The molecular formula is C11H16O2S. The zero-order valence-corrected chi connectivity index (χ0v) is 9.30. The van der Waals surface area contributed by atoms with Crippen molar-refractivity contribution in [3.8, 4) is 0 Å². The van der Waals surface area contributed by atoms with Gasteiger partial charge in [0.2, 0.25) is 0 Å². The molecule has 14 heavy (non-hydrogen) atoms. The van der Waals surface area contributed by atoms with Gasteiger partial charge in [-0.05, 0) is 24.5 Å². The first-order chi connectivity index (χ1) is 6.75. The number of thiol groups is 1. The van der Waals surface area contributed by atoms with Crippen molar-refractivity contribution in [2.24, 2.45) is 0 Å². The predicted molar refractivity (Wildman–Crippen MR) is 58.3 cm³/mol. The molecule has 0 aliphatic rings. The van der Waals surface area contributed by atoms with E-state index < -0.39 is 10.7 Å². The highest BCUT2D eigenvalue weighted by Gasteiger charge is 2.02. The topological polar surface area (TPSA) is 34.1 Å². The van der Waals surface area contributed by atoms with Gasteiger partial charge in [0.05, 0.1) is 4.90 Å². The molecule has 0 aliphatic heterocycles. The molecule has 0 radical (unpaired) electrons. The third-order valence-corrected chi connectivity index (χ3v) is 3.07. The van der Waals surface area contributed by atoms with Crippen molar-refractivity contribution in [3.63, 3.8) is 0 Å². The molecule has 3 heteroatoms. The average Bonchev–Trinajstić information content (AvgIpc) is 2.19. The standard InChI is InChI=1S/C11H16O2S/c1-2-3-4-7-10-8-5-6-9-11(10)14(12)13/h5-6,8-9,14H,2-4,7H2,1H3. The van der Waals surface area contributed by atoms with Gasteiger partial charge in [-0.2, -0.15) is 0 Å². The fraction of sp³-hybridized carbons (Fsp3) is 0.455. The number of hydrogen-bond donors (Lipinski definition) is 1. The molecule has 0 saturated heterocycles. The van der Waals surface area contributed by atoms with E-state index in [0.717, 1.165) is 31.2 Å². The van der Waals surface area contributed by atoms with Gasteiger partial charge in [0.25, 0.3) is 0 Å². The van der Waals surface area contributed by atoms with Gasteiger partial charge < -0.3 is 0 Å². The van der Waals surface area contributed by atoms with E-state index >= 15 is 0 Å². The van der Waals surface area contributed by atoms with Crippen LogP contribution in [0.2, 0.25) is 0 Å². The highest BCUT2D eigenvalue weighted by molar-refractivity contribution is 7.72. The zero-order chi connectivity index (χ0) is 10.4. The molecular weight excluding hydrogens is 196 g/mol. The highest BCUT2D eigenvalue weighted by Crippen LogP contribution is 2.13. The van der Waals surface area contributed by atoms with Gasteiger partial charge in [-0.15, -0.1) is 0 Å². The monoisotopic (exact) mass is 212 g/mol. The normalized spacial score (nSPS) is 10.7. The molecule has 0 fully saturated rings. The van der Waals surface area contributed by atoms with Crippen molar-refractivity contribution in [1.82, 2.24) is 0 Å². The third-order valence-electron chi connectivity index (χ3n) is 2.24. The second kappa shape index (κ2) is 5.81. The molecule has 0 atom stereocenters. The lowest BCUT2D eigenvalue weighted by atomic mass is 10.1. The minimum Gasteiger partial charge on any atom is -0.227 e. The van der Waals surface area contributed by atoms with Crippen LogP contribution in [0.3, 0.4) is 0 Å². The second-order valence-electron chi connectivity index (χ2n) is 3.34. The second-order valence-corrected chi connectivity index (χ2v) is 4.34. The first-order valence-corrected chi connectivity index (χ1v) is 6.15. The van der Waals surface area contributed by atoms with Crippen molar-refractivity contribution in [2.75, 3.05) is 0 Å². The minimum atomic E-state index is -2.44. The zero-order valence-electron chi connectivity index (χ0n) is 8.40. The molecule has 0 bridgehead atoms. The molecule has 1 aromatic carbocycles. The number of unbranched alkanes of at least 4 members (excludes halogenated alkanes) is 2. The number of benzene rings is 1. The lowest BCUT2D eigenvalue weighted by Crippen LogP contribution is -1.92. The molecule has 0 heterocycles. The van der Waals surface area contributed by atoms with Crippen LogP contribution in [-0.4, -0.2) is 8.42 Å². The smallest absolute Gasteiger partial charge is 0.168 e. The fourth-order valence-corrected chi connectivity index (χ4v) is 2.09. The van der Waals surface area contributed by atoms with Gasteiger partial charge in [0.1, 0.15) is 0 Å². The minimum absolute atomic E-state index is 0.485. The summed E-state index contributed by atoms with van der Waals surface area (Å²) in [5.41, 5.74) is 0.956. The lowest BCUT2D eigenvalue weighted by Gasteiger charge is -2.03. The molecule has 0 spiro atoms. The molecule has 1 aromatic rings. The highest BCUT2D eigenvalue weighted by atomic mass is 32.2. The van der Waals surface area contributed by atoms with E-state index in [1.54, 1.807) is 12.1 Å². The fourth-order valence-electron chi connectivity index (χ4n) is 1.47. The van der Waals surface area contributed by atoms with Gasteiger partial charge in [0, 0.05) is 0 Å². The molecule has 0 aliphatic carbocycles. The van der Waals surface area contributed by atoms with Crippen LogP contribution in [0, 0.1) is 0 Å². The van der Waals surface area contributed by atoms with E-state index in [9.17, 15) is 8.42 Å². The summed E-state index contributed by atoms with van der Waals surface area (Å²) >= 11 is 0. The molecule has 2 nitrogen and oxygen atoms in total. The van der Waals surface area contributed by atoms with Crippen LogP contribution >= 0.6 is 0 Å². The maximum Gasteiger partial charge on any atom is 0.168 e. The summed E-state index contributed by atoms with van der Waals surface area (Å²) in [6.45, 7) is 2.14. The molecule has 1 rings (SSSR count). The van der Waals surface area contributed by atoms with Crippen LogP contribution in [0.1, 0.15) is 31.7 Å². The summed E-state index contributed by atoms with van der Waals surface area (Å²) < 4.78 is 21.8. The van der Waals surface area contributed by atoms with Gasteiger partial charge in [-0.25, -0.2) is 8.42 Å². The van der Waals surface area contributed by atoms with E-state index in [4.69, 9.17) is 0 Å². The van der Waals surface area contributed by atoms with Crippen molar-refractivity contribution < 1.29 is 8.42 Å². The van der Waals surface area contributed by atoms with Gasteiger partial charge >= 0.3 is 0 Å². The molecule has 0 saturated carbocycles. The largest absolute Gasteiger partial charge is 0.227 e. The molecule has 0 N–H and O–H groups in total. The van der Waals surface area contributed by atoms with Gasteiger partial charge in [-0.1, -0.05) is 38.0 Å². The predicted octanol–water partition coefficient (Wildman–Crippen LogP) is 2.39. The van der Waals surface area contributed by atoms with Crippen molar-refractivity contribution >= 4 is 10.7 Å². The van der Waals surface area contributed by atoms with Crippen molar-refractivity contribution in [3.05, 3.63) is 29.8 Å². The Morgan fingerprint density at radius 1 is 1.14 bits per heavy atom. The summed E-state index contributed by atoms with van der Waals surface area (Å²) in [6, 6.07) is 7.23. The number of rotatable bonds is 5. The summed E-state index contributed by atoms with van der Waals surface area (Å²) in [6.07, 6.45) is 4.25. The lowest BCUT2D eigenvalue weighted by molar-refractivity contribution is 0.612. The Balaban J connectivity index is 2.74. The van der Waals surface area contributed by atoms with E-state index in [1.165, 1.54) is 0 Å². The Morgan fingerprint density at radius 2 is 1.86 bits per heavy atom. The average molecular weight is 212 g/mol. The van der Waals surface area contributed by atoms with Crippen molar-refractivity contribution in [1.29, 1.82) is 0 Å². The van der Waals surface area contributed by atoms with Crippen molar-refractivity contribution in [2.45, 2.75) is 37.5 Å². The van der Waals surface area contributed by atoms with Crippen LogP contribution in [0.15, 0.2) is 29.2 Å². The first-order valence-electron chi connectivity index (χ1n) is 4.98. The third kappa shape index (κ3) is 3.14. The number of hydrogen-bond acceptors (Lipinski definition) is 2. The van der Waals surface area contributed by atoms with Crippen LogP contribution in [0.25, 0.3) is 0 Å². The quantitative estimate of drug-likeness (QED) is 0.600. The van der Waals surface area contributed by atoms with Crippen LogP contribution in [0.5, 0.6) is 0 Å². The Kier molecular flexibility index (Phi) is 4.66. The maximum atomic E-state index is 10.9. The van der Waals surface area contributed by atoms with E-state index in [2.05, 4.69) is 6.92 Å². The Morgan fingerprint density at radius 3 is 2.50 bits per heavy atom. The summed E-state index contributed by atoms with van der Waals surface area (Å²) in [5, 5.41) is 0. The summed E-state index contributed by atoms with van der Waals surface area (Å²) in [4.78, 5) is 0.485. The van der Waals surface area contributed by atoms with E-state index in [-0.39, 0.29) is 0 Å². The molecule has 0 amide bonds. The number of aryl methyl sites for hydroxylation is 1. The molecule has 78 valence electrons. The summed E-state index contributed by atoms with van der Waals surface area (Å²) in [7, 11) is -2.44. The van der Waals surface area contributed by atoms with Crippen LogP contribution in [-0.2, 0) is 17.1 Å². The van der Waals surface area contributed by atoms with E-state index in [1.807, 2.05) is 12.1 Å². The van der Waals surface area contributed by atoms with E-state index in [0.29, 0.717) is 4.90 Å².